The SMILES string of the molecule is O=C(NC[C@@H](O)CO)C1CC=C(c2ccc(OCC3CCNCC3)cc2F)CC1. The number of rotatable bonds is 8. The van der Waals surface area contributed by atoms with Gasteiger partial charge in [0.25, 0.3) is 0 Å². The van der Waals surface area contributed by atoms with Gasteiger partial charge >= 0.3 is 0 Å². The average molecular weight is 406 g/mol. The van der Waals surface area contributed by atoms with E-state index in [1.54, 1.807) is 6.07 Å². The standard InChI is InChI=1S/C22H31FN2O4/c23-21-11-19(29-14-15-7-9-24-10-8-15)5-6-20(21)16-1-3-17(4-2-16)22(28)25-12-18(27)13-26/h1,5-6,11,15,17-18,24,26-27H,2-4,7-10,12-14H2,(H,25,28)/t17?,18-/m1/s1. The van der Waals surface area contributed by atoms with Crippen LogP contribution in [0.15, 0.2) is 24.3 Å². The molecule has 1 aliphatic carbocycles. The van der Waals surface area contributed by atoms with E-state index in [9.17, 15) is 14.3 Å². The zero-order chi connectivity index (χ0) is 20.6. The third-order valence-corrected chi connectivity index (χ3v) is 5.74. The highest BCUT2D eigenvalue weighted by atomic mass is 19.1. The molecule has 1 aromatic carbocycles. The number of aliphatic hydroxyl groups is 2. The van der Waals surface area contributed by atoms with Gasteiger partial charge < -0.3 is 25.6 Å². The van der Waals surface area contributed by atoms with Gasteiger partial charge in [0, 0.05) is 24.1 Å². The van der Waals surface area contributed by atoms with Crippen LogP contribution in [0.25, 0.3) is 5.57 Å². The van der Waals surface area contributed by atoms with E-state index in [4.69, 9.17) is 9.84 Å². The molecule has 1 heterocycles. The Bertz CT molecular complexity index is 719. The summed E-state index contributed by atoms with van der Waals surface area (Å²) in [5.41, 5.74) is 1.47. The summed E-state index contributed by atoms with van der Waals surface area (Å²) in [6.45, 7) is 2.29. The number of aliphatic hydroxyl groups excluding tert-OH is 2. The molecule has 160 valence electrons. The molecule has 1 aliphatic heterocycles. The lowest BCUT2D eigenvalue weighted by molar-refractivity contribution is -0.125. The Morgan fingerprint density at radius 2 is 2.10 bits per heavy atom. The van der Waals surface area contributed by atoms with Crippen LogP contribution in [0.3, 0.4) is 0 Å². The number of piperidine rings is 1. The summed E-state index contributed by atoms with van der Waals surface area (Å²) in [7, 11) is 0. The van der Waals surface area contributed by atoms with Crippen LogP contribution in [0, 0.1) is 17.7 Å². The summed E-state index contributed by atoms with van der Waals surface area (Å²) >= 11 is 0. The molecule has 1 aromatic rings. The van der Waals surface area contributed by atoms with Gasteiger partial charge in [-0.25, -0.2) is 4.39 Å². The van der Waals surface area contributed by atoms with Gasteiger partial charge in [-0.2, -0.15) is 0 Å². The average Bonchev–Trinajstić information content (AvgIpc) is 2.76. The predicted molar refractivity (Wildman–Crippen MR) is 109 cm³/mol. The minimum atomic E-state index is -0.946. The van der Waals surface area contributed by atoms with E-state index in [0.29, 0.717) is 43.1 Å². The lowest BCUT2D eigenvalue weighted by Crippen LogP contribution is -2.38. The van der Waals surface area contributed by atoms with Gasteiger partial charge in [0.1, 0.15) is 11.6 Å². The Morgan fingerprint density at radius 1 is 1.31 bits per heavy atom. The van der Waals surface area contributed by atoms with Crippen LogP contribution >= 0.6 is 0 Å². The molecule has 4 N–H and O–H groups in total. The van der Waals surface area contributed by atoms with Crippen LogP contribution in [0.4, 0.5) is 4.39 Å². The highest BCUT2D eigenvalue weighted by Gasteiger charge is 2.23. The molecule has 3 rings (SSSR count). The van der Waals surface area contributed by atoms with Crippen molar-refractivity contribution in [1.82, 2.24) is 10.6 Å². The first-order valence-corrected chi connectivity index (χ1v) is 10.5. The van der Waals surface area contributed by atoms with Crippen molar-refractivity contribution in [1.29, 1.82) is 0 Å². The molecule has 1 saturated heterocycles. The van der Waals surface area contributed by atoms with E-state index in [2.05, 4.69) is 10.6 Å². The van der Waals surface area contributed by atoms with Gasteiger partial charge in [-0.05, 0) is 68.8 Å². The number of ether oxygens (including phenoxy) is 1. The van der Waals surface area contributed by atoms with Crippen molar-refractivity contribution in [2.45, 2.75) is 38.2 Å². The molecular weight excluding hydrogens is 375 g/mol. The molecule has 0 saturated carbocycles. The van der Waals surface area contributed by atoms with E-state index >= 15 is 0 Å². The number of amides is 1. The van der Waals surface area contributed by atoms with Crippen LogP contribution in [-0.2, 0) is 4.79 Å². The van der Waals surface area contributed by atoms with E-state index < -0.39 is 6.10 Å². The number of halogens is 1. The quantitative estimate of drug-likeness (QED) is 0.529. The number of benzene rings is 1. The van der Waals surface area contributed by atoms with E-state index in [-0.39, 0.29) is 30.8 Å². The lowest BCUT2D eigenvalue weighted by Gasteiger charge is -2.23. The normalized spacial score (nSPS) is 21.3. The summed E-state index contributed by atoms with van der Waals surface area (Å²) < 4.78 is 20.4. The number of carbonyl (C=O) groups is 1. The Kier molecular flexibility index (Phi) is 8.03. The number of hydrogen-bond donors (Lipinski definition) is 4. The first-order valence-electron chi connectivity index (χ1n) is 10.5. The summed E-state index contributed by atoms with van der Waals surface area (Å²) in [5, 5.41) is 24.1. The minimum absolute atomic E-state index is 0.0376. The van der Waals surface area contributed by atoms with Crippen molar-refractivity contribution in [2.75, 3.05) is 32.8 Å². The molecule has 1 unspecified atom stereocenters. The number of nitrogens with one attached hydrogen (secondary N) is 2. The topological polar surface area (TPSA) is 90.8 Å². The molecule has 2 aliphatic rings. The van der Waals surface area contributed by atoms with Crippen LogP contribution in [0.5, 0.6) is 5.75 Å². The Labute approximate surface area is 171 Å². The Morgan fingerprint density at radius 3 is 2.76 bits per heavy atom. The number of carbonyl (C=O) groups excluding carboxylic acids is 1. The monoisotopic (exact) mass is 406 g/mol. The van der Waals surface area contributed by atoms with Gasteiger partial charge in [-0.15, -0.1) is 0 Å². The Hall–Kier alpha value is -1.96. The van der Waals surface area contributed by atoms with Crippen LogP contribution in [-0.4, -0.2) is 55.1 Å². The fourth-order valence-corrected chi connectivity index (χ4v) is 3.85. The fourth-order valence-electron chi connectivity index (χ4n) is 3.85. The van der Waals surface area contributed by atoms with Crippen LogP contribution in [0.1, 0.15) is 37.7 Å². The molecule has 7 heteroatoms. The van der Waals surface area contributed by atoms with Crippen molar-refractivity contribution >= 4 is 11.5 Å². The molecule has 0 spiro atoms. The van der Waals surface area contributed by atoms with Gasteiger partial charge in [0.05, 0.1) is 19.3 Å². The van der Waals surface area contributed by atoms with Crippen molar-refractivity contribution in [3.63, 3.8) is 0 Å². The zero-order valence-electron chi connectivity index (χ0n) is 16.7. The molecule has 1 amide bonds. The highest BCUT2D eigenvalue weighted by Crippen LogP contribution is 2.33. The number of allylic oxidation sites excluding steroid dienone is 2. The third kappa shape index (κ3) is 6.26. The fraction of sp³-hybridized carbons (Fsp3) is 0.591. The maximum Gasteiger partial charge on any atom is 0.223 e. The summed E-state index contributed by atoms with van der Waals surface area (Å²) in [6, 6.07) is 5.03. The van der Waals surface area contributed by atoms with Gasteiger partial charge in [0.15, 0.2) is 0 Å². The van der Waals surface area contributed by atoms with Crippen LogP contribution in [0.2, 0.25) is 0 Å². The molecule has 29 heavy (non-hydrogen) atoms. The van der Waals surface area contributed by atoms with Crippen LogP contribution < -0.4 is 15.4 Å². The smallest absolute Gasteiger partial charge is 0.223 e. The third-order valence-electron chi connectivity index (χ3n) is 5.74. The second-order valence-electron chi connectivity index (χ2n) is 7.93. The first kappa shape index (κ1) is 21.7. The number of hydrogen-bond acceptors (Lipinski definition) is 5. The van der Waals surface area contributed by atoms with Gasteiger partial charge in [0.2, 0.25) is 5.91 Å². The van der Waals surface area contributed by atoms with Crippen molar-refractivity contribution in [3.05, 3.63) is 35.7 Å². The zero-order valence-corrected chi connectivity index (χ0v) is 16.7. The van der Waals surface area contributed by atoms with Gasteiger partial charge in [-0.3, -0.25) is 4.79 Å². The first-order chi connectivity index (χ1) is 14.1. The second-order valence-corrected chi connectivity index (χ2v) is 7.93. The Balaban J connectivity index is 1.52. The van der Waals surface area contributed by atoms with Crippen molar-refractivity contribution < 1.29 is 24.1 Å². The molecular formula is C22H31FN2O4. The lowest BCUT2D eigenvalue weighted by atomic mass is 9.86. The van der Waals surface area contributed by atoms with E-state index in [0.717, 1.165) is 31.5 Å². The second kappa shape index (κ2) is 10.7. The molecule has 1 fully saturated rings. The maximum absolute atomic E-state index is 14.6. The molecule has 0 aromatic heterocycles. The van der Waals surface area contributed by atoms with Gasteiger partial charge in [-0.1, -0.05) is 6.08 Å². The van der Waals surface area contributed by atoms with Crippen molar-refractivity contribution in [3.8, 4) is 5.75 Å². The van der Waals surface area contributed by atoms with Crippen molar-refractivity contribution in [2.24, 2.45) is 11.8 Å². The highest BCUT2D eigenvalue weighted by molar-refractivity contribution is 5.80. The van der Waals surface area contributed by atoms with E-state index in [1.165, 1.54) is 6.07 Å². The summed E-state index contributed by atoms with van der Waals surface area (Å²) in [4.78, 5) is 12.1. The molecule has 6 nitrogen and oxygen atoms in total. The molecule has 0 radical (unpaired) electrons. The van der Waals surface area contributed by atoms with E-state index in [1.807, 2.05) is 12.1 Å². The summed E-state index contributed by atoms with van der Waals surface area (Å²) in [6.07, 6.45) is 4.92. The minimum Gasteiger partial charge on any atom is -0.493 e. The molecule has 0 bridgehead atoms. The predicted octanol–water partition coefficient (Wildman–Crippen LogP) is 1.86. The largest absolute Gasteiger partial charge is 0.493 e. The summed E-state index contributed by atoms with van der Waals surface area (Å²) in [5.74, 6) is 0.436. The maximum atomic E-state index is 14.6. The molecule has 2 atom stereocenters.